The molecule has 1 aromatic rings. The van der Waals surface area contributed by atoms with E-state index in [-0.39, 0.29) is 6.04 Å². The van der Waals surface area contributed by atoms with Gasteiger partial charge in [-0.2, -0.15) is 0 Å². The molecule has 4 saturated carbocycles. The Morgan fingerprint density at radius 1 is 1.19 bits per heavy atom. The van der Waals surface area contributed by atoms with Gasteiger partial charge in [0, 0.05) is 12.2 Å². The molecule has 1 heterocycles. The molecule has 3 nitrogen and oxygen atoms in total. The third-order valence-corrected chi connectivity index (χ3v) is 6.22. The van der Waals surface area contributed by atoms with Crippen LogP contribution in [0.3, 0.4) is 0 Å². The molecule has 4 aliphatic rings. The molecule has 0 aromatic carbocycles. The predicted molar refractivity (Wildman–Crippen MR) is 82.9 cm³/mol. The second-order valence-electron chi connectivity index (χ2n) is 7.89. The van der Waals surface area contributed by atoms with E-state index in [2.05, 4.69) is 11.1 Å². The second kappa shape index (κ2) is 4.98. The molecule has 1 atom stereocenters. The van der Waals surface area contributed by atoms with Crippen molar-refractivity contribution in [3.8, 4) is 5.75 Å². The maximum atomic E-state index is 6.54. The van der Waals surface area contributed by atoms with E-state index in [0.717, 1.165) is 35.5 Å². The zero-order valence-electron chi connectivity index (χ0n) is 12.9. The van der Waals surface area contributed by atoms with Crippen LogP contribution in [0, 0.1) is 23.2 Å². The first-order chi connectivity index (χ1) is 10.2. The SMILES string of the molecule is COc1cncc(C(N)CC23CC4CC(CC(C4)C2)C3)c1. The Kier molecular flexibility index (Phi) is 3.21. The highest BCUT2D eigenvalue weighted by atomic mass is 16.5. The van der Waals surface area contributed by atoms with Crippen LogP contribution >= 0.6 is 0 Å². The molecule has 0 saturated heterocycles. The van der Waals surface area contributed by atoms with Crippen molar-refractivity contribution in [1.29, 1.82) is 0 Å². The number of hydrogen-bond donors (Lipinski definition) is 1. The molecule has 3 heteroatoms. The van der Waals surface area contributed by atoms with Crippen LogP contribution in [0.25, 0.3) is 0 Å². The summed E-state index contributed by atoms with van der Waals surface area (Å²) in [6.45, 7) is 0. The number of methoxy groups -OCH3 is 1. The third kappa shape index (κ3) is 2.46. The van der Waals surface area contributed by atoms with E-state index < -0.39 is 0 Å². The van der Waals surface area contributed by atoms with Crippen LogP contribution in [0.5, 0.6) is 5.75 Å². The van der Waals surface area contributed by atoms with Gasteiger partial charge in [-0.25, -0.2) is 0 Å². The van der Waals surface area contributed by atoms with Crippen LogP contribution in [0.4, 0.5) is 0 Å². The Labute approximate surface area is 127 Å². The zero-order valence-corrected chi connectivity index (χ0v) is 12.9. The molecule has 5 rings (SSSR count). The van der Waals surface area contributed by atoms with Crippen molar-refractivity contribution in [3.63, 3.8) is 0 Å². The minimum absolute atomic E-state index is 0.101. The van der Waals surface area contributed by atoms with Crippen molar-refractivity contribution in [2.75, 3.05) is 7.11 Å². The van der Waals surface area contributed by atoms with Crippen molar-refractivity contribution in [1.82, 2.24) is 4.98 Å². The highest BCUT2D eigenvalue weighted by Gasteiger charge is 2.51. The van der Waals surface area contributed by atoms with Crippen molar-refractivity contribution in [2.24, 2.45) is 28.9 Å². The summed E-state index contributed by atoms with van der Waals surface area (Å²) in [5.41, 5.74) is 8.20. The maximum Gasteiger partial charge on any atom is 0.137 e. The zero-order chi connectivity index (χ0) is 14.4. The van der Waals surface area contributed by atoms with Gasteiger partial charge in [0.05, 0.1) is 13.3 Å². The second-order valence-corrected chi connectivity index (χ2v) is 7.89. The van der Waals surface area contributed by atoms with E-state index in [1.165, 1.54) is 38.5 Å². The maximum absolute atomic E-state index is 6.54. The number of rotatable bonds is 4. The minimum Gasteiger partial charge on any atom is -0.495 e. The van der Waals surface area contributed by atoms with E-state index in [1.54, 1.807) is 13.3 Å². The topological polar surface area (TPSA) is 48.1 Å². The number of ether oxygens (including phenoxy) is 1. The fraction of sp³-hybridized carbons (Fsp3) is 0.722. The standard InChI is InChI=1S/C18H26N2O/c1-21-16-5-15(10-20-11-16)17(19)9-18-6-12-2-13(7-18)4-14(3-12)8-18/h5,10-14,17H,2-4,6-9,19H2,1H3. The lowest BCUT2D eigenvalue weighted by Gasteiger charge is -2.57. The van der Waals surface area contributed by atoms with Gasteiger partial charge in [-0.3, -0.25) is 4.98 Å². The molecule has 4 bridgehead atoms. The van der Waals surface area contributed by atoms with Gasteiger partial charge in [-0.1, -0.05) is 0 Å². The molecular weight excluding hydrogens is 260 g/mol. The molecule has 2 N–H and O–H groups in total. The van der Waals surface area contributed by atoms with E-state index in [9.17, 15) is 0 Å². The van der Waals surface area contributed by atoms with Crippen LogP contribution in [-0.4, -0.2) is 12.1 Å². The summed E-state index contributed by atoms with van der Waals surface area (Å²) in [4.78, 5) is 4.27. The van der Waals surface area contributed by atoms with Gasteiger partial charge in [-0.15, -0.1) is 0 Å². The van der Waals surface area contributed by atoms with E-state index in [0.29, 0.717) is 5.41 Å². The van der Waals surface area contributed by atoms with Crippen molar-refractivity contribution in [2.45, 2.75) is 51.0 Å². The molecule has 1 unspecified atom stereocenters. The normalized spacial score (nSPS) is 38.5. The molecule has 0 spiro atoms. The Balaban J connectivity index is 1.52. The van der Waals surface area contributed by atoms with Crippen LogP contribution < -0.4 is 10.5 Å². The number of pyridine rings is 1. The van der Waals surface area contributed by atoms with Crippen LogP contribution in [-0.2, 0) is 0 Å². The number of nitrogens with zero attached hydrogens (tertiary/aromatic N) is 1. The summed E-state index contributed by atoms with van der Waals surface area (Å²) >= 11 is 0. The first-order valence-electron chi connectivity index (χ1n) is 8.40. The molecule has 0 amide bonds. The molecule has 114 valence electrons. The largest absolute Gasteiger partial charge is 0.495 e. The van der Waals surface area contributed by atoms with E-state index in [1.807, 2.05) is 6.20 Å². The lowest BCUT2D eigenvalue weighted by Crippen LogP contribution is -2.47. The third-order valence-electron chi connectivity index (χ3n) is 6.22. The number of hydrogen-bond acceptors (Lipinski definition) is 3. The Morgan fingerprint density at radius 3 is 2.38 bits per heavy atom. The molecule has 0 radical (unpaired) electrons. The molecular formula is C18H26N2O. The molecule has 1 aromatic heterocycles. The van der Waals surface area contributed by atoms with Gasteiger partial charge in [0.25, 0.3) is 0 Å². The number of aromatic nitrogens is 1. The van der Waals surface area contributed by atoms with Gasteiger partial charge in [0.2, 0.25) is 0 Å². The summed E-state index contributed by atoms with van der Waals surface area (Å²) in [5.74, 6) is 3.79. The van der Waals surface area contributed by atoms with Gasteiger partial charge in [0.1, 0.15) is 5.75 Å². The fourth-order valence-corrected chi connectivity index (χ4v) is 5.87. The molecule has 4 aliphatic carbocycles. The highest BCUT2D eigenvalue weighted by molar-refractivity contribution is 5.26. The fourth-order valence-electron chi connectivity index (χ4n) is 5.87. The average molecular weight is 286 g/mol. The quantitative estimate of drug-likeness (QED) is 0.918. The Morgan fingerprint density at radius 2 is 1.81 bits per heavy atom. The van der Waals surface area contributed by atoms with Gasteiger partial charge in [-0.05, 0) is 79.7 Å². The Hall–Kier alpha value is -1.09. The molecule has 21 heavy (non-hydrogen) atoms. The molecule has 4 fully saturated rings. The first-order valence-corrected chi connectivity index (χ1v) is 8.40. The average Bonchev–Trinajstić information content (AvgIpc) is 2.45. The predicted octanol–water partition coefficient (Wildman–Crippen LogP) is 3.70. The number of nitrogens with two attached hydrogens (primary N) is 1. The lowest BCUT2D eigenvalue weighted by atomic mass is 9.48. The summed E-state index contributed by atoms with van der Waals surface area (Å²) < 4.78 is 5.28. The smallest absolute Gasteiger partial charge is 0.137 e. The van der Waals surface area contributed by atoms with Crippen molar-refractivity contribution < 1.29 is 4.74 Å². The summed E-state index contributed by atoms with van der Waals surface area (Å²) in [6, 6.07) is 2.15. The Bertz CT molecular complexity index is 492. The van der Waals surface area contributed by atoms with Crippen molar-refractivity contribution in [3.05, 3.63) is 24.0 Å². The van der Waals surface area contributed by atoms with Crippen LogP contribution in [0.2, 0.25) is 0 Å². The van der Waals surface area contributed by atoms with Crippen LogP contribution in [0.1, 0.15) is 56.6 Å². The van der Waals surface area contributed by atoms with Gasteiger partial charge >= 0.3 is 0 Å². The highest BCUT2D eigenvalue weighted by Crippen LogP contribution is 2.62. The van der Waals surface area contributed by atoms with Gasteiger partial charge in [0.15, 0.2) is 0 Å². The summed E-state index contributed by atoms with van der Waals surface area (Å²) in [6.07, 6.45) is 13.5. The monoisotopic (exact) mass is 286 g/mol. The van der Waals surface area contributed by atoms with Crippen LogP contribution in [0.15, 0.2) is 18.5 Å². The summed E-state index contributed by atoms with van der Waals surface area (Å²) in [5, 5.41) is 0. The first kappa shape index (κ1) is 13.6. The minimum atomic E-state index is 0.101. The van der Waals surface area contributed by atoms with Crippen molar-refractivity contribution >= 4 is 0 Å². The van der Waals surface area contributed by atoms with Gasteiger partial charge < -0.3 is 10.5 Å². The summed E-state index contributed by atoms with van der Waals surface area (Å²) in [7, 11) is 1.69. The lowest BCUT2D eigenvalue weighted by molar-refractivity contribution is -0.0605. The van der Waals surface area contributed by atoms with E-state index >= 15 is 0 Å². The molecule has 0 aliphatic heterocycles. The van der Waals surface area contributed by atoms with E-state index in [4.69, 9.17) is 10.5 Å².